The summed E-state index contributed by atoms with van der Waals surface area (Å²) in [5, 5.41) is 2.97. The zero-order chi connectivity index (χ0) is 14.7. The van der Waals surface area contributed by atoms with Crippen molar-refractivity contribution in [1.82, 2.24) is 0 Å². The Morgan fingerprint density at radius 3 is 2.29 bits per heavy atom. The fourth-order valence-electron chi connectivity index (χ4n) is 2.38. The van der Waals surface area contributed by atoms with E-state index in [-0.39, 0.29) is 0 Å². The van der Waals surface area contributed by atoms with E-state index in [1.54, 1.807) is 0 Å². The van der Waals surface area contributed by atoms with E-state index in [0.717, 1.165) is 32.7 Å². The lowest BCUT2D eigenvalue weighted by Gasteiger charge is -2.12. The molecule has 106 valence electrons. The van der Waals surface area contributed by atoms with Crippen LogP contribution >= 0.6 is 11.6 Å². The summed E-state index contributed by atoms with van der Waals surface area (Å²) in [5.41, 5.74) is 8.01. The number of ether oxygens (including phenoxy) is 1. The van der Waals surface area contributed by atoms with Gasteiger partial charge in [0, 0.05) is 17.0 Å². The second kappa shape index (κ2) is 6.17. The van der Waals surface area contributed by atoms with Crippen molar-refractivity contribution in [2.45, 2.75) is 13.2 Å². The molecule has 3 aromatic rings. The Morgan fingerprint density at radius 2 is 1.57 bits per heavy atom. The van der Waals surface area contributed by atoms with Gasteiger partial charge in [0.1, 0.15) is 12.4 Å². The van der Waals surface area contributed by atoms with Gasteiger partial charge >= 0.3 is 0 Å². The van der Waals surface area contributed by atoms with Crippen LogP contribution in [-0.2, 0) is 13.2 Å². The Kier molecular flexibility index (Phi) is 4.09. The number of benzene rings is 3. The van der Waals surface area contributed by atoms with Crippen molar-refractivity contribution in [3.63, 3.8) is 0 Å². The molecule has 0 aliphatic heterocycles. The van der Waals surface area contributed by atoms with Crippen LogP contribution in [0.5, 0.6) is 5.75 Å². The topological polar surface area (TPSA) is 35.2 Å². The molecule has 0 unspecified atom stereocenters. The molecule has 0 aliphatic rings. The Balaban J connectivity index is 1.89. The maximum atomic E-state index is 5.96. The molecule has 0 saturated carbocycles. The lowest BCUT2D eigenvalue weighted by molar-refractivity contribution is 0.310. The highest BCUT2D eigenvalue weighted by atomic mass is 35.5. The van der Waals surface area contributed by atoms with Gasteiger partial charge in [0.15, 0.2) is 0 Å². The summed E-state index contributed by atoms with van der Waals surface area (Å²) in [4.78, 5) is 0. The molecule has 3 heteroatoms. The highest BCUT2D eigenvalue weighted by Gasteiger charge is 2.06. The first-order chi connectivity index (χ1) is 10.3. The zero-order valence-corrected chi connectivity index (χ0v) is 12.3. The molecule has 0 atom stereocenters. The predicted molar refractivity (Wildman–Crippen MR) is 87.6 cm³/mol. The minimum Gasteiger partial charge on any atom is -0.488 e. The van der Waals surface area contributed by atoms with Gasteiger partial charge in [-0.15, -0.1) is 0 Å². The standard InChI is InChI=1S/C18H16ClNO/c19-15-8-5-13(6-9-15)12-21-18-10-7-14(11-20)16-3-1-2-4-17(16)18/h1-10H,11-12,20H2. The van der Waals surface area contributed by atoms with E-state index in [2.05, 4.69) is 12.1 Å². The third-order valence-electron chi connectivity index (χ3n) is 3.50. The number of hydrogen-bond donors (Lipinski definition) is 1. The quantitative estimate of drug-likeness (QED) is 0.768. The number of fused-ring (bicyclic) bond motifs is 1. The summed E-state index contributed by atoms with van der Waals surface area (Å²) < 4.78 is 5.96. The normalized spacial score (nSPS) is 10.8. The van der Waals surface area contributed by atoms with E-state index in [0.29, 0.717) is 13.2 Å². The third kappa shape index (κ3) is 3.02. The highest BCUT2D eigenvalue weighted by molar-refractivity contribution is 6.30. The average molecular weight is 298 g/mol. The van der Waals surface area contributed by atoms with Crippen LogP contribution in [0, 0.1) is 0 Å². The van der Waals surface area contributed by atoms with Crippen LogP contribution in [0.4, 0.5) is 0 Å². The van der Waals surface area contributed by atoms with Crippen LogP contribution in [0.2, 0.25) is 5.02 Å². The Bertz CT molecular complexity index is 753. The first-order valence-corrected chi connectivity index (χ1v) is 7.23. The zero-order valence-electron chi connectivity index (χ0n) is 11.6. The summed E-state index contributed by atoms with van der Waals surface area (Å²) in [6.07, 6.45) is 0. The van der Waals surface area contributed by atoms with Crippen molar-refractivity contribution in [2.24, 2.45) is 5.73 Å². The molecule has 0 aromatic heterocycles. The van der Waals surface area contributed by atoms with Gasteiger partial charge in [-0.25, -0.2) is 0 Å². The number of nitrogens with two attached hydrogens (primary N) is 1. The largest absolute Gasteiger partial charge is 0.488 e. The van der Waals surface area contributed by atoms with Crippen molar-refractivity contribution in [2.75, 3.05) is 0 Å². The van der Waals surface area contributed by atoms with Crippen molar-refractivity contribution < 1.29 is 4.74 Å². The second-order valence-corrected chi connectivity index (χ2v) is 5.32. The minimum absolute atomic E-state index is 0.517. The van der Waals surface area contributed by atoms with E-state index in [1.807, 2.05) is 48.5 Å². The first-order valence-electron chi connectivity index (χ1n) is 6.86. The van der Waals surface area contributed by atoms with Gasteiger partial charge in [-0.3, -0.25) is 0 Å². The van der Waals surface area contributed by atoms with Gasteiger partial charge in [-0.1, -0.05) is 54.1 Å². The summed E-state index contributed by atoms with van der Waals surface area (Å²) in [5.74, 6) is 0.873. The van der Waals surface area contributed by atoms with Crippen molar-refractivity contribution >= 4 is 22.4 Å². The molecule has 0 bridgehead atoms. The minimum atomic E-state index is 0.517. The molecule has 21 heavy (non-hydrogen) atoms. The molecular formula is C18H16ClNO. The monoisotopic (exact) mass is 297 g/mol. The molecule has 0 fully saturated rings. The van der Waals surface area contributed by atoms with Gasteiger partial charge in [0.25, 0.3) is 0 Å². The average Bonchev–Trinajstić information content (AvgIpc) is 2.54. The van der Waals surface area contributed by atoms with E-state index in [9.17, 15) is 0 Å². The lowest BCUT2D eigenvalue weighted by atomic mass is 10.0. The van der Waals surface area contributed by atoms with Gasteiger partial charge < -0.3 is 10.5 Å². The van der Waals surface area contributed by atoms with Crippen LogP contribution in [0.1, 0.15) is 11.1 Å². The third-order valence-corrected chi connectivity index (χ3v) is 3.75. The van der Waals surface area contributed by atoms with Gasteiger partial charge in [0.2, 0.25) is 0 Å². The molecule has 3 rings (SSSR count). The highest BCUT2D eigenvalue weighted by Crippen LogP contribution is 2.29. The van der Waals surface area contributed by atoms with Crippen LogP contribution in [0.25, 0.3) is 10.8 Å². The molecule has 0 saturated heterocycles. The summed E-state index contributed by atoms with van der Waals surface area (Å²) in [7, 11) is 0. The smallest absolute Gasteiger partial charge is 0.127 e. The number of hydrogen-bond acceptors (Lipinski definition) is 2. The molecule has 0 amide bonds. The van der Waals surface area contributed by atoms with Crippen molar-refractivity contribution in [3.8, 4) is 5.75 Å². The second-order valence-electron chi connectivity index (χ2n) is 4.89. The van der Waals surface area contributed by atoms with Gasteiger partial charge in [0.05, 0.1) is 0 Å². The van der Waals surface area contributed by atoms with Crippen molar-refractivity contribution in [1.29, 1.82) is 0 Å². The molecule has 0 radical (unpaired) electrons. The molecule has 0 heterocycles. The fraction of sp³-hybridized carbons (Fsp3) is 0.111. The molecular weight excluding hydrogens is 282 g/mol. The molecule has 0 spiro atoms. The van der Waals surface area contributed by atoms with E-state index < -0.39 is 0 Å². The Labute approximate surface area is 129 Å². The summed E-state index contributed by atoms with van der Waals surface area (Å²) in [6, 6.07) is 19.9. The Hall–Kier alpha value is -2.03. The Morgan fingerprint density at radius 1 is 0.857 bits per heavy atom. The van der Waals surface area contributed by atoms with Crippen LogP contribution in [0.3, 0.4) is 0 Å². The van der Waals surface area contributed by atoms with Gasteiger partial charge in [-0.05, 0) is 34.7 Å². The molecule has 3 aromatic carbocycles. The maximum Gasteiger partial charge on any atom is 0.127 e. The number of rotatable bonds is 4. The van der Waals surface area contributed by atoms with Crippen LogP contribution < -0.4 is 10.5 Å². The van der Waals surface area contributed by atoms with E-state index in [4.69, 9.17) is 22.1 Å². The van der Waals surface area contributed by atoms with Crippen LogP contribution in [0.15, 0.2) is 60.7 Å². The SMILES string of the molecule is NCc1ccc(OCc2ccc(Cl)cc2)c2ccccc12. The van der Waals surface area contributed by atoms with Crippen molar-refractivity contribution in [3.05, 3.63) is 76.8 Å². The summed E-state index contributed by atoms with van der Waals surface area (Å²) >= 11 is 5.89. The first kappa shape index (κ1) is 13.9. The van der Waals surface area contributed by atoms with Gasteiger partial charge in [-0.2, -0.15) is 0 Å². The fourth-order valence-corrected chi connectivity index (χ4v) is 2.51. The summed E-state index contributed by atoms with van der Waals surface area (Å²) in [6.45, 7) is 1.04. The van der Waals surface area contributed by atoms with Crippen LogP contribution in [-0.4, -0.2) is 0 Å². The molecule has 2 nitrogen and oxygen atoms in total. The predicted octanol–water partition coefficient (Wildman–Crippen LogP) is 4.53. The maximum absolute atomic E-state index is 5.96. The lowest BCUT2D eigenvalue weighted by Crippen LogP contribution is -2.00. The number of halogens is 1. The molecule has 2 N–H and O–H groups in total. The van der Waals surface area contributed by atoms with E-state index in [1.165, 1.54) is 0 Å². The van der Waals surface area contributed by atoms with E-state index >= 15 is 0 Å². The molecule has 0 aliphatic carbocycles.